The van der Waals surface area contributed by atoms with E-state index in [1.807, 2.05) is 71.9 Å². The van der Waals surface area contributed by atoms with E-state index < -0.39 is 78.4 Å². The fraction of sp³-hybridized carbons (Fsp3) is 0.500. The number of nitrogens with two attached hydrogens (primary N) is 2. The molecule has 4 aromatic rings. The highest BCUT2D eigenvalue weighted by molar-refractivity contribution is 5.91. The summed E-state index contributed by atoms with van der Waals surface area (Å²) >= 11 is 0. The van der Waals surface area contributed by atoms with Crippen molar-refractivity contribution in [2.75, 3.05) is 39.4 Å². The number of nitrogens with one attached hydrogen (secondary N) is 2. The zero-order chi connectivity index (χ0) is 69.9. The number of nitrogens with zero attached hydrogens (tertiary/aromatic N) is 2. The summed E-state index contributed by atoms with van der Waals surface area (Å²) in [6, 6.07) is 24.9. The summed E-state index contributed by atoms with van der Waals surface area (Å²) in [6.45, 7) is 17.1. The van der Waals surface area contributed by atoms with Gasteiger partial charge in [0, 0.05) is 82.5 Å². The lowest BCUT2D eigenvalue weighted by Crippen LogP contribution is -2.47. The van der Waals surface area contributed by atoms with Crippen molar-refractivity contribution in [1.29, 1.82) is 0 Å². The molecule has 95 heavy (non-hydrogen) atoms. The molecule has 0 bridgehead atoms. The number of amides is 6. The van der Waals surface area contributed by atoms with Crippen LogP contribution in [0.2, 0.25) is 0 Å². The first-order chi connectivity index (χ1) is 45.0. The van der Waals surface area contributed by atoms with Crippen LogP contribution in [0.4, 0.5) is 14.4 Å². The maximum absolute atomic E-state index is 13.7. The molecule has 6 rings (SSSR count). The quantitative estimate of drug-likeness (QED) is 0.0233. The Bertz CT molecular complexity index is 3250. The van der Waals surface area contributed by atoms with E-state index in [1.165, 1.54) is 16.7 Å². The van der Waals surface area contributed by atoms with Crippen LogP contribution in [0, 0.1) is 49.4 Å². The van der Waals surface area contributed by atoms with Crippen molar-refractivity contribution >= 4 is 65.5 Å². The number of carbonyl (C=O) groups is 11. The molecule has 516 valence electrons. The number of rotatable bonds is 31. The normalized spacial score (nSPS) is 14.9. The molecule has 6 amide bonds. The number of likely N-dealkylation sites (tertiary alicyclic amines) is 2. The molecular formula is C70H92N6O19. The molecule has 2 aliphatic rings. The predicted octanol–water partition coefficient (Wildman–Crippen LogP) is 8.37. The number of carbonyl (C=O) groups excluding carboxylic acids is 10. The molecule has 5 atom stereocenters. The topological polar surface area (TPSA) is 355 Å². The summed E-state index contributed by atoms with van der Waals surface area (Å²) in [5, 5.41) is 15.2. The lowest BCUT2D eigenvalue weighted by atomic mass is 9.91. The minimum Gasteiger partial charge on any atom is -0.486 e. The van der Waals surface area contributed by atoms with Gasteiger partial charge in [-0.15, -0.1) is 0 Å². The number of esters is 1. The van der Waals surface area contributed by atoms with Crippen molar-refractivity contribution in [3.05, 3.63) is 119 Å². The Morgan fingerprint density at radius 2 is 0.895 bits per heavy atom. The molecule has 0 saturated carbocycles. The van der Waals surface area contributed by atoms with Gasteiger partial charge in [-0.25, -0.2) is 24.0 Å². The molecule has 2 heterocycles. The second-order valence-corrected chi connectivity index (χ2v) is 25.0. The Balaban J connectivity index is 0.000000350. The van der Waals surface area contributed by atoms with Gasteiger partial charge >= 0.3 is 30.3 Å². The van der Waals surface area contributed by atoms with Gasteiger partial charge in [-0.2, -0.15) is 0 Å². The van der Waals surface area contributed by atoms with E-state index in [2.05, 4.69) is 10.6 Å². The molecule has 0 radical (unpaired) electrons. The number of aryl methyl sites for hydroxylation is 2. The van der Waals surface area contributed by atoms with E-state index in [4.69, 9.17) is 44.6 Å². The molecule has 0 spiro atoms. The lowest BCUT2D eigenvalue weighted by molar-refractivity contribution is -0.172. The van der Waals surface area contributed by atoms with E-state index >= 15 is 0 Å². The van der Waals surface area contributed by atoms with E-state index in [9.17, 15) is 57.8 Å². The fourth-order valence-corrected chi connectivity index (χ4v) is 10.6. The van der Waals surface area contributed by atoms with Gasteiger partial charge in [0.15, 0.2) is 11.6 Å². The standard InChI is InChI=1S/C38H51N3O11.C32H41N3O8/c1-23(2)19-29(21-30(42)22-48-33-10-8-7-9-25(33)5)35(44)40-32(36(45)50-26(6)51-38(47)49-24(3)4)20-27-11-13-31(14-12-27)52-37(46)41-17-15-28(16-18-41)34(39)43;1-20(2)16-24(18-25(36)19-42-28-7-5-4-6-21(28)3)30(38)34-27(31(39)40)17-22-8-10-26(11-9-22)43-32(41)35-14-12-23(13-15-35)29(33)37/h7-14,23-24,26,28-29,32H,15-22H2,1-6H3,(H2,39,43)(H,40,44);4-11,20,23-24,27H,12-19H2,1-3H3,(H2,33,37)(H,34,38)(H,39,40)/t26?,29-,32+;24-,27+/m11/s1. The fourth-order valence-electron chi connectivity index (χ4n) is 10.6. The third-order valence-corrected chi connectivity index (χ3v) is 15.7. The molecule has 4 aromatic carbocycles. The van der Waals surface area contributed by atoms with Crippen molar-refractivity contribution < 1.29 is 91.0 Å². The van der Waals surface area contributed by atoms with Crippen LogP contribution in [0.3, 0.4) is 0 Å². The zero-order valence-electron chi connectivity index (χ0n) is 55.7. The zero-order valence-corrected chi connectivity index (χ0v) is 55.7. The maximum Gasteiger partial charge on any atom is 0.511 e. The number of hydrogen-bond acceptors (Lipinski definition) is 18. The summed E-state index contributed by atoms with van der Waals surface area (Å²) < 4.78 is 37.6. The number of ether oxygens (including phenoxy) is 7. The van der Waals surface area contributed by atoms with Crippen molar-refractivity contribution in [1.82, 2.24) is 20.4 Å². The number of Topliss-reactive ketones (excluding diaryl/α,β-unsaturated/α-hetero) is 2. The highest BCUT2D eigenvalue weighted by atomic mass is 16.8. The van der Waals surface area contributed by atoms with Gasteiger partial charge in [0.2, 0.25) is 29.9 Å². The first-order valence-electron chi connectivity index (χ1n) is 32.0. The van der Waals surface area contributed by atoms with Crippen molar-refractivity contribution in [2.45, 2.75) is 151 Å². The number of hydrogen-bond donors (Lipinski definition) is 5. The molecule has 2 fully saturated rings. The van der Waals surface area contributed by atoms with Gasteiger partial charge in [0.05, 0.1) is 6.10 Å². The molecule has 25 nitrogen and oxygen atoms in total. The number of carboxylic acid groups (broad SMARTS) is 1. The number of carboxylic acids is 1. The molecule has 1 unspecified atom stereocenters. The van der Waals surface area contributed by atoms with Crippen LogP contribution in [0.15, 0.2) is 97.1 Å². The van der Waals surface area contributed by atoms with Crippen LogP contribution in [0.25, 0.3) is 0 Å². The summed E-state index contributed by atoms with van der Waals surface area (Å²) in [5.74, 6) is -4.54. The number of aliphatic carboxylic acids is 1. The Labute approximate surface area is 554 Å². The van der Waals surface area contributed by atoms with Gasteiger partial charge in [0.25, 0.3) is 0 Å². The third kappa shape index (κ3) is 26.8. The van der Waals surface area contributed by atoms with Crippen molar-refractivity contribution in [2.24, 2.45) is 47.0 Å². The van der Waals surface area contributed by atoms with E-state index in [1.54, 1.807) is 80.6 Å². The molecular weight excluding hydrogens is 1230 g/mol. The van der Waals surface area contributed by atoms with Gasteiger partial charge in [-0.3, -0.25) is 28.8 Å². The van der Waals surface area contributed by atoms with Crippen LogP contribution in [0.5, 0.6) is 23.0 Å². The summed E-state index contributed by atoms with van der Waals surface area (Å²) in [7, 11) is 0. The molecule has 2 saturated heterocycles. The van der Waals surface area contributed by atoms with E-state index in [-0.39, 0.29) is 97.4 Å². The Hall–Kier alpha value is -9.55. The van der Waals surface area contributed by atoms with Crippen molar-refractivity contribution in [3.63, 3.8) is 0 Å². The minimum atomic E-state index is -1.33. The van der Waals surface area contributed by atoms with E-state index in [0.717, 1.165) is 11.1 Å². The highest BCUT2D eigenvalue weighted by Gasteiger charge is 2.33. The van der Waals surface area contributed by atoms with Gasteiger partial charge in [-0.05, 0) is 137 Å². The number of piperidine rings is 2. The van der Waals surface area contributed by atoms with E-state index in [0.29, 0.717) is 87.3 Å². The van der Waals surface area contributed by atoms with Crippen molar-refractivity contribution in [3.8, 4) is 23.0 Å². The third-order valence-electron chi connectivity index (χ3n) is 15.7. The first-order valence-corrected chi connectivity index (χ1v) is 32.0. The average molecular weight is 1320 g/mol. The molecule has 2 aliphatic heterocycles. The molecule has 0 aliphatic carbocycles. The summed E-state index contributed by atoms with van der Waals surface area (Å²) in [4.78, 5) is 141. The van der Waals surface area contributed by atoms with Crippen LogP contribution < -0.4 is 41.0 Å². The Morgan fingerprint density at radius 1 is 0.516 bits per heavy atom. The first kappa shape index (κ1) is 76.2. The number of para-hydroxylation sites is 2. The maximum atomic E-state index is 13.7. The summed E-state index contributed by atoms with van der Waals surface area (Å²) in [6.07, 6.45) is -1.48. The molecule has 0 aromatic heterocycles. The number of benzene rings is 4. The number of primary amides is 2. The Kier molecular flexibility index (Phi) is 30.4. The van der Waals surface area contributed by atoms with Crippen LogP contribution in [0.1, 0.15) is 122 Å². The average Bonchev–Trinajstić information content (AvgIpc) is 0.929. The molecule has 25 heteroatoms. The van der Waals surface area contributed by atoms with Crippen LogP contribution in [-0.4, -0.2) is 144 Å². The monoisotopic (exact) mass is 1320 g/mol. The molecule has 7 N–H and O–H groups in total. The Morgan fingerprint density at radius 3 is 1.25 bits per heavy atom. The van der Waals surface area contributed by atoms with Gasteiger partial charge in [-0.1, -0.05) is 88.4 Å². The smallest absolute Gasteiger partial charge is 0.486 e. The van der Waals surface area contributed by atoms with Gasteiger partial charge < -0.3 is 70.2 Å². The second-order valence-electron chi connectivity index (χ2n) is 25.0. The van der Waals surface area contributed by atoms with Crippen LogP contribution in [-0.2, 0) is 65.4 Å². The van der Waals surface area contributed by atoms with Gasteiger partial charge in [0.1, 0.15) is 48.3 Å². The van der Waals surface area contributed by atoms with Crippen LogP contribution >= 0.6 is 0 Å². The minimum absolute atomic E-state index is 0.00529. The SMILES string of the molecule is Cc1ccccc1OCC(=O)C[C@@H](CC(C)C)C(=O)N[C@@H](Cc1ccc(OC(=O)N2CCC(C(N)=O)CC2)cc1)C(=O)O.Cc1ccccc1OCC(=O)C[C@@H](CC(C)C)C(=O)N[C@@H](Cc1ccc(OC(=O)N2CCC(C(N)=O)CC2)cc1)C(=O)OC(C)OC(=O)OC(C)C. The largest absolute Gasteiger partial charge is 0.511 e. The highest BCUT2D eigenvalue weighted by Crippen LogP contribution is 2.26. The lowest BCUT2D eigenvalue weighted by Gasteiger charge is -2.29. The predicted molar refractivity (Wildman–Crippen MR) is 348 cm³/mol. The summed E-state index contributed by atoms with van der Waals surface area (Å²) in [5.41, 5.74) is 13.7. The second kappa shape index (κ2) is 38.0. The number of ketones is 2.